The Bertz CT molecular complexity index is 1100. The lowest BCUT2D eigenvalue weighted by Crippen LogP contribution is -2.21. The van der Waals surface area contributed by atoms with Crippen molar-refractivity contribution in [2.45, 2.75) is 6.92 Å². The third-order valence-corrected chi connectivity index (χ3v) is 4.12. The first-order valence-electron chi connectivity index (χ1n) is 7.37. The number of ether oxygens (including phenoxy) is 1. The summed E-state index contributed by atoms with van der Waals surface area (Å²) in [5, 5.41) is -0.669. The van der Waals surface area contributed by atoms with Crippen molar-refractivity contribution in [2.75, 3.05) is 6.61 Å². The topological polar surface area (TPSA) is 61.2 Å². The van der Waals surface area contributed by atoms with Crippen LogP contribution in [0.1, 0.15) is 17.3 Å². The van der Waals surface area contributed by atoms with Gasteiger partial charge in [-0.25, -0.2) is 18.6 Å². The Morgan fingerprint density at radius 3 is 2.65 bits per heavy atom. The quantitative estimate of drug-likeness (QED) is 0.491. The van der Waals surface area contributed by atoms with Crippen LogP contribution < -0.4 is 5.43 Å². The van der Waals surface area contributed by atoms with Gasteiger partial charge in [-0.2, -0.15) is 0 Å². The molecule has 0 bridgehead atoms. The normalized spacial score (nSPS) is 11.0. The number of aromatic nitrogens is 2. The highest BCUT2D eigenvalue weighted by atomic mass is 35.5. The van der Waals surface area contributed by atoms with Crippen LogP contribution in [0.25, 0.3) is 16.7 Å². The van der Waals surface area contributed by atoms with E-state index in [2.05, 4.69) is 4.98 Å². The summed E-state index contributed by atoms with van der Waals surface area (Å²) in [6.45, 7) is 1.62. The molecule has 134 valence electrons. The zero-order valence-corrected chi connectivity index (χ0v) is 14.7. The number of hydrogen-bond donors (Lipinski definition) is 0. The third-order valence-electron chi connectivity index (χ3n) is 3.55. The van der Waals surface area contributed by atoms with Crippen molar-refractivity contribution in [3.05, 3.63) is 68.1 Å². The van der Waals surface area contributed by atoms with Gasteiger partial charge >= 0.3 is 5.97 Å². The summed E-state index contributed by atoms with van der Waals surface area (Å²) in [6.07, 6.45) is 1.16. The van der Waals surface area contributed by atoms with Crippen LogP contribution in [0.3, 0.4) is 0 Å². The van der Waals surface area contributed by atoms with Crippen LogP contribution in [0.4, 0.5) is 8.78 Å². The molecule has 0 aliphatic rings. The molecule has 0 aliphatic heterocycles. The first kappa shape index (κ1) is 18.3. The van der Waals surface area contributed by atoms with E-state index in [1.54, 1.807) is 6.92 Å². The van der Waals surface area contributed by atoms with Gasteiger partial charge in [-0.15, -0.1) is 0 Å². The molecule has 3 aromatic rings. The number of halogens is 4. The zero-order chi connectivity index (χ0) is 19.0. The van der Waals surface area contributed by atoms with Crippen molar-refractivity contribution in [1.29, 1.82) is 0 Å². The van der Waals surface area contributed by atoms with Crippen LogP contribution in [0.2, 0.25) is 10.2 Å². The Morgan fingerprint density at radius 1 is 1.27 bits per heavy atom. The van der Waals surface area contributed by atoms with Crippen molar-refractivity contribution >= 4 is 40.2 Å². The molecule has 0 N–H and O–H groups in total. The predicted molar refractivity (Wildman–Crippen MR) is 93.2 cm³/mol. The number of pyridine rings is 2. The molecule has 2 heterocycles. The molecule has 0 spiro atoms. The van der Waals surface area contributed by atoms with E-state index in [-0.39, 0.29) is 33.9 Å². The Balaban J connectivity index is 2.43. The summed E-state index contributed by atoms with van der Waals surface area (Å²) < 4.78 is 33.3. The molecule has 0 saturated carbocycles. The van der Waals surface area contributed by atoms with Crippen LogP contribution in [-0.4, -0.2) is 22.1 Å². The molecule has 0 unspecified atom stereocenters. The van der Waals surface area contributed by atoms with E-state index in [0.29, 0.717) is 0 Å². The Hall–Kier alpha value is -2.51. The van der Waals surface area contributed by atoms with Crippen LogP contribution in [0.5, 0.6) is 0 Å². The molecule has 3 rings (SSSR count). The van der Waals surface area contributed by atoms with E-state index in [1.807, 2.05) is 0 Å². The fourth-order valence-corrected chi connectivity index (χ4v) is 2.81. The summed E-state index contributed by atoms with van der Waals surface area (Å²) in [4.78, 5) is 28.6. The monoisotopic (exact) mass is 398 g/mol. The standard InChI is InChI=1S/C17H10Cl2F2N2O3/c1-2-26-17(25)10-7-23(13-4-3-8(20)5-11(13)18)16-9(14(10)24)6-12(21)15(19)22-16/h3-7H,2H2,1H3. The number of nitrogens with zero attached hydrogens (tertiary/aromatic N) is 2. The van der Waals surface area contributed by atoms with Gasteiger partial charge in [0, 0.05) is 6.20 Å². The van der Waals surface area contributed by atoms with Gasteiger partial charge in [0.15, 0.2) is 11.0 Å². The van der Waals surface area contributed by atoms with Crippen LogP contribution in [0.15, 0.2) is 35.3 Å². The number of esters is 1. The molecule has 26 heavy (non-hydrogen) atoms. The van der Waals surface area contributed by atoms with Crippen molar-refractivity contribution in [2.24, 2.45) is 0 Å². The number of carbonyl (C=O) groups is 1. The molecule has 5 nitrogen and oxygen atoms in total. The summed E-state index contributed by atoms with van der Waals surface area (Å²) in [5.41, 5.74) is -0.930. The maximum absolute atomic E-state index is 13.8. The van der Waals surface area contributed by atoms with Gasteiger partial charge in [-0.05, 0) is 31.2 Å². The van der Waals surface area contributed by atoms with Gasteiger partial charge in [-0.1, -0.05) is 23.2 Å². The second-order valence-electron chi connectivity index (χ2n) is 5.19. The summed E-state index contributed by atoms with van der Waals surface area (Å²) in [7, 11) is 0. The van der Waals surface area contributed by atoms with E-state index in [0.717, 1.165) is 24.4 Å². The summed E-state index contributed by atoms with van der Waals surface area (Å²) >= 11 is 11.8. The van der Waals surface area contributed by atoms with Gasteiger partial charge in [0.2, 0.25) is 5.43 Å². The first-order valence-corrected chi connectivity index (χ1v) is 8.13. The fourth-order valence-electron chi connectivity index (χ4n) is 2.42. The van der Waals surface area contributed by atoms with Crippen LogP contribution in [0, 0.1) is 11.6 Å². The van der Waals surface area contributed by atoms with E-state index in [9.17, 15) is 18.4 Å². The van der Waals surface area contributed by atoms with Gasteiger partial charge in [-0.3, -0.25) is 9.36 Å². The minimum atomic E-state index is -0.922. The average molecular weight is 399 g/mol. The Morgan fingerprint density at radius 2 is 2.00 bits per heavy atom. The molecule has 0 fully saturated rings. The number of carbonyl (C=O) groups excluding carboxylic acids is 1. The van der Waals surface area contributed by atoms with Crippen LogP contribution >= 0.6 is 23.2 Å². The third kappa shape index (κ3) is 3.15. The van der Waals surface area contributed by atoms with Crippen LogP contribution in [-0.2, 0) is 4.74 Å². The highest BCUT2D eigenvalue weighted by molar-refractivity contribution is 6.32. The lowest BCUT2D eigenvalue weighted by Gasteiger charge is -2.14. The maximum atomic E-state index is 13.8. The lowest BCUT2D eigenvalue weighted by atomic mass is 10.1. The smallest absolute Gasteiger partial charge is 0.343 e. The van der Waals surface area contributed by atoms with Crippen molar-refractivity contribution in [3.8, 4) is 5.69 Å². The van der Waals surface area contributed by atoms with Gasteiger partial charge in [0.05, 0.1) is 22.7 Å². The first-order chi connectivity index (χ1) is 12.3. The number of rotatable bonds is 3. The summed E-state index contributed by atoms with van der Waals surface area (Å²) in [5.74, 6) is -2.39. The number of benzene rings is 1. The minimum absolute atomic E-state index is 0.00740. The molecule has 0 aliphatic carbocycles. The zero-order valence-electron chi connectivity index (χ0n) is 13.2. The minimum Gasteiger partial charge on any atom is -0.462 e. The van der Waals surface area contributed by atoms with E-state index in [4.69, 9.17) is 27.9 Å². The van der Waals surface area contributed by atoms with E-state index >= 15 is 0 Å². The fraction of sp³-hybridized carbons (Fsp3) is 0.118. The molecule has 9 heteroatoms. The molecule has 0 radical (unpaired) electrons. The molecular weight excluding hydrogens is 389 g/mol. The molecule has 0 saturated heterocycles. The second-order valence-corrected chi connectivity index (χ2v) is 5.96. The molecular formula is C17H10Cl2F2N2O3. The van der Waals surface area contributed by atoms with E-state index in [1.165, 1.54) is 10.6 Å². The highest BCUT2D eigenvalue weighted by Gasteiger charge is 2.20. The molecule has 2 aromatic heterocycles. The van der Waals surface area contributed by atoms with Gasteiger partial charge < -0.3 is 4.74 Å². The second kappa shape index (κ2) is 7.01. The molecule has 0 amide bonds. The summed E-state index contributed by atoms with van der Waals surface area (Å²) in [6, 6.07) is 4.40. The number of hydrogen-bond acceptors (Lipinski definition) is 4. The van der Waals surface area contributed by atoms with Crippen molar-refractivity contribution < 1.29 is 18.3 Å². The molecule has 1 aromatic carbocycles. The Kier molecular flexibility index (Phi) is 4.93. The lowest BCUT2D eigenvalue weighted by molar-refractivity contribution is 0.0524. The van der Waals surface area contributed by atoms with Crippen molar-refractivity contribution in [3.63, 3.8) is 0 Å². The van der Waals surface area contributed by atoms with Crippen molar-refractivity contribution in [1.82, 2.24) is 9.55 Å². The predicted octanol–water partition coefficient (Wildman–Crippen LogP) is 4.15. The van der Waals surface area contributed by atoms with Gasteiger partial charge in [0.1, 0.15) is 17.0 Å². The Labute approximate surface area is 155 Å². The molecule has 0 atom stereocenters. The van der Waals surface area contributed by atoms with Gasteiger partial charge in [0.25, 0.3) is 0 Å². The maximum Gasteiger partial charge on any atom is 0.343 e. The average Bonchev–Trinajstić information content (AvgIpc) is 2.58. The van der Waals surface area contributed by atoms with E-state index < -0.39 is 28.2 Å². The highest BCUT2D eigenvalue weighted by Crippen LogP contribution is 2.26. The SMILES string of the molecule is CCOC(=O)c1cn(-c2ccc(F)cc2Cl)c2nc(Cl)c(F)cc2c1=O. The largest absolute Gasteiger partial charge is 0.462 e. The number of fused-ring (bicyclic) bond motifs is 1.